The highest BCUT2D eigenvalue weighted by atomic mass is 35.5. The van der Waals surface area contributed by atoms with Crippen LogP contribution in [0.4, 0.5) is 10.1 Å². The number of nitrogens with one attached hydrogen (secondary N) is 2. The molecule has 0 spiro atoms. The Balaban J connectivity index is 2.12. The van der Waals surface area contributed by atoms with Gasteiger partial charge in [0.25, 0.3) is 5.91 Å². The van der Waals surface area contributed by atoms with Crippen LogP contribution in [0.3, 0.4) is 0 Å². The van der Waals surface area contributed by atoms with Crippen LogP contribution < -0.4 is 10.6 Å². The summed E-state index contributed by atoms with van der Waals surface area (Å²) in [4.78, 5) is 20.2. The number of benzene rings is 1. The van der Waals surface area contributed by atoms with Gasteiger partial charge >= 0.3 is 0 Å². The van der Waals surface area contributed by atoms with Crippen molar-refractivity contribution in [3.63, 3.8) is 0 Å². The molecule has 1 heterocycles. The molecule has 1 aromatic carbocycles. The number of hydrogen-bond donors (Lipinski definition) is 3. The number of halogens is 2. The molecule has 0 aliphatic rings. The smallest absolute Gasteiger partial charge is 0.289 e. The van der Waals surface area contributed by atoms with Gasteiger partial charge < -0.3 is 15.7 Å². The van der Waals surface area contributed by atoms with Crippen LogP contribution in [-0.4, -0.2) is 41.7 Å². The third kappa shape index (κ3) is 6.48. The van der Waals surface area contributed by atoms with Gasteiger partial charge in [-0.3, -0.25) is 4.79 Å². The van der Waals surface area contributed by atoms with Crippen molar-refractivity contribution in [2.75, 3.05) is 11.6 Å². The molecule has 0 aliphatic carbocycles. The van der Waals surface area contributed by atoms with Gasteiger partial charge in [-0.2, -0.15) is 0 Å². The fraction of sp³-hybridized carbons (Fsp3) is 0.278. The summed E-state index contributed by atoms with van der Waals surface area (Å²) in [5.41, 5.74) is 0.483. The van der Waals surface area contributed by atoms with Crippen LogP contribution in [-0.2, 0) is 9.84 Å². The number of aliphatic hydroxyl groups is 1. The minimum Gasteiger partial charge on any atom is -0.369 e. The second kappa shape index (κ2) is 9.29. The zero-order valence-corrected chi connectivity index (χ0v) is 17.4. The number of aryl methyl sites for hydroxylation is 1. The van der Waals surface area contributed by atoms with E-state index in [-0.39, 0.29) is 22.1 Å². The molecule has 1 amide bonds. The minimum atomic E-state index is -3.30. The van der Waals surface area contributed by atoms with Crippen molar-refractivity contribution in [1.29, 1.82) is 0 Å². The molecule has 156 valence electrons. The number of carbonyl (C=O) groups excluding carboxylic acids is 1. The first-order chi connectivity index (χ1) is 13.5. The second-order valence-corrected chi connectivity index (χ2v) is 8.63. The standard InChI is InChI=1S/C18H20ClFN4O4S/c1-10(7-8-29(3,27)28)22-18(26)16-21-9-14(11(2)23-16)24-17(25)15-12(19)5-4-6-13(15)20/h4-10,17,24-25H,1-3H3,(H,22,26)/b8-7+/t10-,17+/m1/s1. The first kappa shape index (κ1) is 22.7. The van der Waals surface area contributed by atoms with Gasteiger partial charge in [0.05, 0.1) is 28.2 Å². The highest BCUT2D eigenvalue weighted by Gasteiger charge is 2.19. The minimum absolute atomic E-state index is 0.0516. The molecule has 0 radical (unpaired) electrons. The third-order valence-corrected chi connectivity index (χ3v) is 4.70. The Hall–Kier alpha value is -2.56. The lowest BCUT2D eigenvalue weighted by molar-refractivity contribution is 0.0936. The summed E-state index contributed by atoms with van der Waals surface area (Å²) < 4.78 is 36.2. The lowest BCUT2D eigenvalue weighted by atomic mass is 10.1. The average Bonchev–Trinajstić information content (AvgIpc) is 2.61. The zero-order valence-electron chi connectivity index (χ0n) is 15.8. The summed E-state index contributed by atoms with van der Waals surface area (Å²) in [5.74, 6) is -1.43. The number of nitrogens with zero attached hydrogens (tertiary/aromatic N) is 2. The number of rotatable bonds is 7. The van der Waals surface area contributed by atoms with Crippen molar-refractivity contribution >= 4 is 33.0 Å². The number of amides is 1. The molecule has 3 N–H and O–H groups in total. The van der Waals surface area contributed by atoms with E-state index in [9.17, 15) is 22.7 Å². The van der Waals surface area contributed by atoms with Crippen LogP contribution in [0.15, 0.2) is 35.9 Å². The molecule has 11 heteroatoms. The maximum absolute atomic E-state index is 13.9. The normalized spacial score (nSPS) is 13.9. The van der Waals surface area contributed by atoms with Gasteiger partial charge in [-0.1, -0.05) is 23.7 Å². The number of carbonyl (C=O) groups is 1. The molecule has 0 aliphatic heterocycles. The van der Waals surface area contributed by atoms with E-state index in [1.54, 1.807) is 13.8 Å². The summed E-state index contributed by atoms with van der Waals surface area (Å²) in [5, 5.41) is 16.5. The van der Waals surface area contributed by atoms with E-state index in [1.807, 2.05) is 0 Å². The van der Waals surface area contributed by atoms with Gasteiger partial charge in [0.15, 0.2) is 16.1 Å². The fourth-order valence-corrected chi connectivity index (χ4v) is 3.08. The van der Waals surface area contributed by atoms with Gasteiger partial charge in [-0.05, 0) is 26.0 Å². The van der Waals surface area contributed by atoms with E-state index in [0.29, 0.717) is 5.69 Å². The van der Waals surface area contributed by atoms with Crippen molar-refractivity contribution in [3.8, 4) is 0 Å². The zero-order chi connectivity index (χ0) is 21.8. The van der Waals surface area contributed by atoms with Crippen molar-refractivity contribution in [2.45, 2.75) is 26.1 Å². The van der Waals surface area contributed by atoms with Crippen LogP contribution in [0.2, 0.25) is 5.02 Å². The average molecular weight is 443 g/mol. The van der Waals surface area contributed by atoms with E-state index in [0.717, 1.165) is 11.7 Å². The monoisotopic (exact) mass is 442 g/mol. The molecule has 0 bridgehead atoms. The predicted molar refractivity (Wildman–Crippen MR) is 108 cm³/mol. The highest BCUT2D eigenvalue weighted by molar-refractivity contribution is 7.93. The van der Waals surface area contributed by atoms with Gasteiger partial charge in [0, 0.05) is 17.7 Å². The predicted octanol–water partition coefficient (Wildman–Crippen LogP) is 2.36. The molecule has 2 aromatic rings. The summed E-state index contributed by atoms with van der Waals surface area (Å²) in [6.45, 7) is 3.17. The van der Waals surface area contributed by atoms with E-state index < -0.39 is 33.8 Å². The van der Waals surface area contributed by atoms with Gasteiger partial charge in [0.1, 0.15) is 5.82 Å². The van der Waals surface area contributed by atoms with Crippen molar-refractivity contribution < 1.29 is 22.7 Å². The summed E-state index contributed by atoms with van der Waals surface area (Å²) in [6.07, 6.45) is 2.18. The lowest BCUT2D eigenvalue weighted by Crippen LogP contribution is -2.32. The molecule has 0 fully saturated rings. The molecule has 2 rings (SSSR count). The molecule has 8 nitrogen and oxygen atoms in total. The molecule has 0 saturated heterocycles. The Labute approximate surface area is 172 Å². The van der Waals surface area contributed by atoms with Crippen LogP contribution in [0.5, 0.6) is 0 Å². The number of aromatic nitrogens is 2. The van der Waals surface area contributed by atoms with Crippen LogP contribution in [0.1, 0.15) is 35.0 Å². The number of aliphatic hydroxyl groups excluding tert-OH is 1. The Morgan fingerprint density at radius 1 is 1.38 bits per heavy atom. The van der Waals surface area contributed by atoms with Crippen LogP contribution in [0.25, 0.3) is 0 Å². The maximum Gasteiger partial charge on any atom is 0.289 e. The summed E-state index contributed by atoms with van der Waals surface area (Å²) >= 11 is 5.93. The largest absolute Gasteiger partial charge is 0.369 e. The second-order valence-electron chi connectivity index (χ2n) is 6.30. The van der Waals surface area contributed by atoms with Crippen molar-refractivity contribution in [2.24, 2.45) is 0 Å². The first-order valence-corrected chi connectivity index (χ1v) is 10.7. The molecule has 0 unspecified atom stereocenters. The molecule has 29 heavy (non-hydrogen) atoms. The van der Waals surface area contributed by atoms with E-state index >= 15 is 0 Å². The van der Waals surface area contributed by atoms with Gasteiger partial charge in [-0.25, -0.2) is 22.8 Å². The Morgan fingerprint density at radius 3 is 2.66 bits per heavy atom. The lowest BCUT2D eigenvalue weighted by Gasteiger charge is -2.17. The molecule has 2 atom stereocenters. The maximum atomic E-state index is 13.9. The Kier molecular flexibility index (Phi) is 7.28. The molecular formula is C18H20ClFN4O4S. The van der Waals surface area contributed by atoms with Crippen LogP contribution >= 0.6 is 11.6 Å². The molecule has 0 saturated carbocycles. The van der Waals surface area contributed by atoms with Crippen LogP contribution in [0, 0.1) is 12.7 Å². The van der Waals surface area contributed by atoms with E-state index in [2.05, 4.69) is 20.6 Å². The Bertz CT molecular complexity index is 1030. The molecular weight excluding hydrogens is 423 g/mol. The topological polar surface area (TPSA) is 121 Å². The number of sulfone groups is 1. The van der Waals surface area contributed by atoms with Crippen molar-refractivity contribution in [1.82, 2.24) is 15.3 Å². The summed E-state index contributed by atoms with van der Waals surface area (Å²) in [7, 11) is -3.30. The Morgan fingerprint density at radius 2 is 2.07 bits per heavy atom. The van der Waals surface area contributed by atoms with Gasteiger partial charge in [-0.15, -0.1) is 0 Å². The quantitative estimate of drug-likeness (QED) is 0.562. The van der Waals surface area contributed by atoms with E-state index in [4.69, 9.17) is 11.6 Å². The first-order valence-electron chi connectivity index (χ1n) is 8.39. The fourth-order valence-electron chi connectivity index (χ4n) is 2.29. The third-order valence-electron chi connectivity index (χ3n) is 3.72. The van der Waals surface area contributed by atoms with E-state index in [1.165, 1.54) is 30.5 Å². The number of anilines is 1. The number of hydrogen-bond acceptors (Lipinski definition) is 7. The van der Waals surface area contributed by atoms with Gasteiger partial charge in [0.2, 0.25) is 5.82 Å². The SMILES string of the molecule is Cc1nc(C(=O)N[C@H](C)/C=C/S(C)(=O)=O)ncc1N[C@@H](O)c1c(F)cccc1Cl. The molecule has 1 aromatic heterocycles. The highest BCUT2D eigenvalue weighted by Crippen LogP contribution is 2.27. The summed E-state index contributed by atoms with van der Waals surface area (Å²) in [6, 6.07) is 3.47. The van der Waals surface area contributed by atoms with Crippen molar-refractivity contribution in [3.05, 3.63) is 63.8 Å².